The van der Waals surface area contributed by atoms with E-state index in [1.807, 2.05) is 19.3 Å². The van der Waals surface area contributed by atoms with Crippen LogP contribution in [-0.4, -0.2) is 25.1 Å². The Labute approximate surface area is 72.6 Å². The highest BCUT2D eigenvalue weighted by Crippen LogP contribution is 2.22. The quantitative estimate of drug-likeness (QED) is 0.610. The van der Waals surface area contributed by atoms with E-state index in [1.54, 1.807) is 0 Å². The lowest BCUT2D eigenvalue weighted by atomic mass is 9.92. The fourth-order valence-electron chi connectivity index (χ4n) is 1.73. The van der Waals surface area contributed by atoms with Gasteiger partial charge in [0, 0.05) is 30.9 Å². The number of hydrogen-bond acceptors (Lipinski definition) is 2. The van der Waals surface area contributed by atoms with E-state index in [0.29, 0.717) is 6.04 Å². The highest BCUT2D eigenvalue weighted by atomic mass is 15.0. The number of hydrogen-bond donors (Lipinski definition) is 3. The van der Waals surface area contributed by atoms with Gasteiger partial charge in [0.1, 0.15) is 0 Å². The molecular formula is C9H15N3. The lowest BCUT2D eigenvalue weighted by Crippen LogP contribution is -2.48. The predicted molar refractivity (Wildman–Crippen MR) is 49.0 cm³/mol. The SMILES string of the molecule is CNC(c1ccc[nH]1)C1CNC1. The molecule has 1 fully saturated rings. The lowest BCUT2D eigenvalue weighted by molar-refractivity contribution is 0.264. The molecule has 1 aliphatic heterocycles. The molecule has 0 aliphatic carbocycles. The van der Waals surface area contributed by atoms with Crippen molar-refractivity contribution in [1.82, 2.24) is 15.6 Å². The third kappa shape index (κ3) is 1.26. The summed E-state index contributed by atoms with van der Waals surface area (Å²) in [6.07, 6.45) is 1.98. The van der Waals surface area contributed by atoms with E-state index in [-0.39, 0.29) is 0 Å². The zero-order valence-corrected chi connectivity index (χ0v) is 7.30. The molecule has 1 saturated heterocycles. The molecule has 1 unspecified atom stereocenters. The summed E-state index contributed by atoms with van der Waals surface area (Å²) in [7, 11) is 2.02. The van der Waals surface area contributed by atoms with Crippen molar-refractivity contribution in [2.45, 2.75) is 6.04 Å². The van der Waals surface area contributed by atoms with Crippen molar-refractivity contribution in [1.29, 1.82) is 0 Å². The summed E-state index contributed by atoms with van der Waals surface area (Å²) in [5.74, 6) is 0.744. The van der Waals surface area contributed by atoms with Crippen LogP contribution in [0.3, 0.4) is 0 Å². The Morgan fingerprint density at radius 3 is 2.83 bits per heavy atom. The molecule has 2 heterocycles. The maximum Gasteiger partial charge on any atom is 0.0523 e. The van der Waals surface area contributed by atoms with Crippen molar-refractivity contribution < 1.29 is 0 Å². The predicted octanol–water partition coefficient (Wildman–Crippen LogP) is 0.495. The second-order valence-corrected chi connectivity index (χ2v) is 3.31. The highest BCUT2D eigenvalue weighted by molar-refractivity contribution is 5.11. The first kappa shape index (κ1) is 7.83. The zero-order valence-electron chi connectivity index (χ0n) is 7.30. The van der Waals surface area contributed by atoms with E-state index in [0.717, 1.165) is 19.0 Å². The Bertz CT molecular complexity index is 226. The fraction of sp³-hybridized carbons (Fsp3) is 0.556. The minimum absolute atomic E-state index is 0.487. The molecule has 1 aliphatic rings. The van der Waals surface area contributed by atoms with Gasteiger partial charge in [-0.15, -0.1) is 0 Å². The average Bonchev–Trinajstić information content (AvgIpc) is 2.47. The monoisotopic (exact) mass is 165 g/mol. The molecule has 0 radical (unpaired) electrons. The average molecular weight is 165 g/mol. The normalized spacial score (nSPS) is 20.4. The van der Waals surface area contributed by atoms with Gasteiger partial charge in [-0.2, -0.15) is 0 Å². The third-order valence-electron chi connectivity index (χ3n) is 2.55. The smallest absolute Gasteiger partial charge is 0.0523 e. The molecule has 0 bridgehead atoms. The van der Waals surface area contributed by atoms with Gasteiger partial charge < -0.3 is 15.6 Å². The van der Waals surface area contributed by atoms with E-state index >= 15 is 0 Å². The fourth-order valence-corrected chi connectivity index (χ4v) is 1.73. The van der Waals surface area contributed by atoms with Crippen LogP contribution in [0.2, 0.25) is 0 Å². The molecule has 66 valence electrons. The molecule has 0 spiro atoms. The minimum atomic E-state index is 0.487. The van der Waals surface area contributed by atoms with Gasteiger partial charge in [0.25, 0.3) is 0 Å². The molecule has 1 aromatic rings. The number of rotatable bonds is 3. The molecule has 2 rings (SSSR count). The van der Waals surface area contributed by atoms with E-state index in [4.69, 9.17) is 0 Å². The van der Waals surface area contributed by atoms with Crippen LogP contribution in [0.1, 0.15) is 11.7 Å². The van der Waals surface area contributed by atoms with Gasteiger partial charge in [0.15, 0.2) is 0 Å². The largest absolute Gasteiger partial charge is 0.364 e. The summed E-state index contributed by atoms with van der Waals surface area (Å²) < 4.78 is 0. The lowest BCUT2D eigenvalue weighted by Gasteiger charge is -2.34. The molecule has 1 atom stereocenters. The molecule has 0 saturated carbocycles. The van der Waals surface area contributed by atoms with Crippen LogP contribution in [0.15, 0.2) is 18.3 Å². The van der Waals surface area contributed by atoms with Crippen molar-refractivity contribution in [3.8, 4) is 0 Å². The van der Waals surface area contributed by atoms with Gasteiger partial charge in [-0.25, -0.2) is 0 Å². The van der Waals surface area contributed by atoms with Crippen molar-refractivity contribution in [3.63, 3.8) is 0 Å². The summed E-state index contributed by atoms with van der Waals surface area (Å²) >= 11 is 0. The summed E-state index contributed by atoms with van der Waals surface area (Å²) in [5, 5.41) is 6.62. The Kier molecular flexibility index (Phi) is 2.15. The number of aromatic amines is 1. The molecular weight excluding hydrogens is 150 g/mol. The first-order valence-corrected chi connectivity index (χ1v) is 4.43. The van der Waals surface area contributed by atoms with E-state index in [2.05, 4.69) is 21.7 Å². The van der Waals surface area contributed by atoms with Gasteiger partial charge in [0.2, 0.25) is 0 Å². The maximum atomic E-state index is 3.34. The Hall–Kier alpha value is -0.800. The van der Waals surface area contributed by atoms with E-state index < -0.39 is 0 Å². The summed E-state index contributed by atoms with van der Waals surface area (Å²) in [5.41, 5.74) is 1.30. The zero-order chi connectivity index (χ0) is 8.39. The van der Waals surface area contributed by atoms with Gasteiger partial charge in [0.05, 0.1) is 6.04 Å². The Morgan fingerprint density at radius 1 is 1.58 bits per heavy atom. The third-order valence-corrected chi connectivity index (χ3v) is 2.55. The molecule has 1 aromatic heterocycles. The van der Waals surface area contributed by atoms with Crippen LogP contribution >= 0.6 is 0 Å². The second-order valence-electron chi connectivity index (χ2n) is 3.31. The van der Waals surface area contributed by atoms with Gasteiger partial charge in [-0.1, -0.05) is 0 Å². The van der Waals surface area contributed by atoms with Gasteiger partial charge in [-0.05, 0) is 19.2 Å². The van der Waals surface area contributed by atoms with Crippen LogP contribution in [0.5, 0.6) is 0 Å². The molecule has 0 aromatic carbocycles. The van der Waals surface area contributed by atoms with Crippen LogP contribution in [0.25, 0.3) is 0 Å². The van der Waals surface area contributed by atoms with Crippen LogP contribution in [0.4, 0.5) is 0 Å². The molecule has 12 heavy (non-hydrogen) atoms. The first-order valence-electron chi connectivity index (χ1n) is 4.43. The molecule has 3 nitrogen and oxygen atoms in total. The first-order chi connectivity index (χ1) is 5.92. The van der Waals surface area contributed by atoms with Crippen molar-refractivity contribution >= 4 is 0 Å². The number of nitrogens with one attached hydrogen (secondary N) is 3. The Morgan fingerprint density at radius 2 is 2.42 bits per heavy atom. The van der Waals surface area contributed by atoms with Crippen molar-refractivity contribution in [2.75, 3.05) is 20.1 Å². The van der Waals surface area contributed by atoms with Gasteiger partial charge in [-0.3, -0.25) is 0 Å². The topological polar surface area (TPSA) is 39.9 Å². The van der Waals surface area contributed by atoms with Crippen molar-refractivity contribution in [2.24, 2.45) is 5.92 Å². The van der Waals surface area contributed by atoms with Crippen LogP contribution in [0, 0.1) is 5.92 Å². The maximum absolute atomic E-state index is 3.34. The number of H-pyrrole nitrogens is 1. The summed E-state index contributed by atoms with van der Waals surface area (Å²) in [6.45, 7) is 2.26. The van der Waals surface area contributed by atoms with Crippen LogP contribution < -0.4 is 10.6 Å². The van der Waals surface area contributed by atoms with E-state index in [9.17, 15) is 0 Å². The second kappa shape index (κ2) is 3.29. The minimum Gasteiger partial charge on any atom is -0.364 e. The number of aromatic nitrogens is 1. The standard InChI is InChI=1S/C9H15N3/c1-10-9(7-5-11-6-7)8-3-2-4-12-8/h2-4,7,9-12H,5-6H2,1H3. The molecule has 3 N–H and O–H groups in total. The Balaban J connectivity index is 2.07. The van der Waals surface area contributed by atoms with Crippen LogP contribution in [-0.2, 0) is 0 Å². The summed E-state index contributed by atoms with van der Waals surface area (Å²) in [6, 6.07) is 4.67. The summed E-state index contributed by atoms with van der Waals surface area (Å²) in [4.78, 5) is 3.25. The van der Waals surface area contributed by atoms with Gasteiger partial charge >= 0.3 is 0 Å². The van der Waals surface area contributed by atoms with E-state index in [1.165, 1.54) is 5.69 Å². The highest BCUT2D eigenvalue weighted by Gasteiger charge is 2.27. The molecule has 3 heteroatoms. The molecule has 0 amide bonds. The van der Waals surface area contributed by atoms with Crippen molar-refractivity contribution in [3.05, 3.63) is 24.0 Å².